The highest BCUT2D eigenvalue weighted by Crippen LogP contribution is 2.40. The van der Waals surface area contributed by atoms with E-state index in [9.17, 15) is 24.9 Å². The van der Waals surface area contributed by atoms with Crippen LogP contribution in [-0.2, 0) is 16.0 Å². The summed E-state index contributed by atoms with van der Waals surface area (Å²) in [6.07, 6.45) is 2.73. The Morgan fingerprint density at radius 3 is 2.29 bits per heavy atom. The fraction of sp³-hybridized carbons (Fsp3) is 0.364. The lowest BCUT2D eigenvalue weighted by Gasteiger charge is -2.20. The second-order valence-corrected chi connectivity index (χ2v) is 8.10. The van der Waals surface area contributed by atoms with Crippen LogP contribution in [0.5, 0.6) is 11.5 Å². The molecule has 2 unspecified atom stereocenters. The minimum absolute atomic E-state index is 0.0456. The second-order valence-electron chi connectivity index (χ2n) is 7.22. The molecule has 0 fully saturated rings. The first kappa shape index (κ1) is 22.9. The number of thioether (sulfide) groups is 1. The Bertz CT molecular complexity index is 933. The van der Waals surface area contributed by atoms with Gasteiger partial charge in [0, 0.05) is 17.5 Å². The smallest absolute Gasteiger partial charge is 0.453 e. The van der Waals surface area contributed by atoms with Crippen molar-refractivity contribution in [2.75, 3.05) is 12.8 Å². The van der Waals surface area contributed by atoms with Gasteiger partial charge in [-0.25, -0.2) is 9.59 Å². The molecule has 0 aliphatic carbocycles. The van der Waals surface area contributed by atoms with Gasteiger partial charge in [-0.15, -0.1) is 11.8 Å². The first-order valence-corrected chi connectivity index (χ1v) is 11.0. The largest absolute Gasteiger partial charge is 0.475 e. The average Bonchev–Trinajstić information content (AvgIpc) is 3.17. The molecule has 0 amide bonds. The molecule has 0 radical (unpaired) electrons. The highest BCUT2D eigenvalue weighted by atomic mass is 32.2. The Kier molecular flexibility index (Phi) is 7.09. The van der Waals surface area contributed by atoms with E-state index in [1.54, 1.807) is 23.9 Å². The first-order valence-electron chi connectivity index (χ1n) is 9.82. The van der Waals surface area contributed by atoms with Crippen LogP contribution in [0.25, 0.3) is 0 Å². The third kappa shape index (κ3) is 4.95. The summed E-state index contributed by atoms with van der Waals surface area (Å²) in [5.41, 5.74) is 1.66. The topological polar surface area (TPSA) is 125 Å². The van der Waals surface area contributed by atoms with Crippen LogP contribution in [0.15, 0.2) is 47.4 Å². The second kappa shape index (κ2) is 9.59. The number of carboxylic acids is 2. The van der Waals surface area contributed by atoms with E-state index in [0.29, 0.717) is 13.0 Å². The highest BCUT2D eigenvalue weighted by molar-refractivity contribution is 7.98. The Labute approximate surface area is 184 Å². The van der Waals surface area contributed by atoms with Gasteiger partial charge in [0.05, 0.1) is 6.10 Å². The molecule has 9 heteroatoms. The Hall–Kier alpha value is -2.75. The molecule has 0 spiro atoms. The van der Waals surface area contributed by atoms with Gasteiger partial charge in [-0.2, -0.15) is 0 Å². The van der Waals surface area contributed by atoms with E-state index in [1.165, 1.54) is 6.07 Å². The maximum Gasteiger partial charge on any atom is 0.453 e. The van der Waals surface area contributed by atoms with Crippen LogP contribution in [0, 0.1) is 0 Å². The molecule has 3 rings (SSSR count). The van der Waals surface area contributed by atoms with Crippen molar-refractivity contribution in [1.29, 1.82) is 0 Å². The molecule has 0 saturated carbocycles. The Morgan fingerprint density at radius 1 is 1.06 bits per heavy atom. The maximum absolute atomic E-state index is 11.4. The molecule has 2 aromatic carbocycles. The lowest BCUT2D eigenvalue weighted by atomic mass is 10.0. The van der Waals surface area contributed by atoms with Crippen LogP contribution in [0.3, 0.4) is 0 Å². The van der Waals surface area contributed by atoms with Gasteiger partial charge in [-0.3, -0.25) is 0 Å². The highest BCUT2D eigenvalue weighted by Gasteiger charge is 2.57. The summed E-state index contributed by atoms with van der Waals surface area (Å²) in [4.78, 5) is 23.9. The van der Waals surface area contributed by atoms with Crippen molar-refractivity contribution >= 4 is 23.7 Å². The molecule has 1 aliphatic heterocycles. The van der Waals surface area contributed by atoms with Gasteiger partial charge in [-0.1, -0.05) is 25.1 Å². The number of aliphatic carboxylic acids is 2. The van der Waals surface area contributed by atoms with Gasteiger partial charge in [0.25, 0.3) is 0 Å². The van der Waals surface area contributed by atoms with Crippen molar-refractivity contribution < 1.29 is 34.4 Å². The SMILES string of the molecule is CCC(Cc1ccc2c(c1)OC(C(=O)O)(C(=O)O)O2)NCC(O)c1ccc(SC)cc1. The number of fused-ring (bicyclic) bond motifs is 1. The predicted octanol–water partition coefficient (Wildman–Crippen LogP) is 2.69. The van der Waals surface area contributed by atoms with Crippen LogP contribution < -0.4 is 14.8 Å². The number of hydrogen-bond acceptors (Lipinski definition) is 7. The molecule has 166 valence electrons. The van der Waals surface area contributed by atoms with Crippen LogP contribution in [0.4, 0.5) is 0 Å². The van der Waals surface area contributed by atoms with E-state index in [2.05, 4.69) is 5.32 Å². The summed E-state index contributed by atoms with van der Waals surface area (Å²) in [6, 6.07) is 12.6. The zero-order valence-corrected chi connectivity index (χ0v) is 18.0. The molecule has 31 heavy (non-hydrogen) atoms. The summed E-state index contributed by atoms with van der Waals surface area (Å²) in [5, 5.41) is 32.3. The third-order valence-electron chi connectivity index (χ3n) is 5.15. The number of rotatable bonds is 10. The van der Waals surface area contributed by atoms with Gasteiger partial charge in [0.15, 0.2) is 11.5 Å². The number of benzene rings is 2. The van der Waals surface area contributed by atoms with Crippen LogP contribution >= 0.6 is 11.8 Å². The molecule has 1 heterocycles. The molecule has 2 aromatic rings. The maximum atomic E-state index is 11.4. The van der Waals surface area contributed by atoms with Gasteiger partial charge in [-0.05, 0) is 54.5 Å². The molecule has 0 bridgehead atoms. The summed E-state index contributed by atoms with van der Waals surface area (Å²) < 4.78 is 10.2. The first-order chi connectivity index (χ1) is 14.8. The summed E-state index contributed by atoms with van der Waals surface area (Å²) in [6.45, 7) is 2.40. The van der Waals surface area contributed by atoms with Crippen LogP contribution in [-0.4, -0.2) is 51.9 Å². The number of ether oxygens (including phenoxy) is 2. The standard InChI is InChI=1S/C22H25NO7S/c1-3-15(23-12-17(24)14-5-7-16(31-2)8-6-14)10-13-4-9-18-19(11-13)30-22(29-18,20(25)26)21(27)28/h4-9,11,15,17,23-24H,3,10,12H2,1-2H3,(H,25,26)(H,27,28). The normalized spacial score (nSPS) is 16.0. The van der Waals surface area contributed by atoms with Gasteiger partial charge < -0.3 is 30.1 Å². The lowest BCUT2D eigenvalue weighted by molar-refractivity contribution is -0.194. The molecule has 8 nitrogen and oxygen atoms in total. The molecule has 1 aliphatic rings. The average molecular weight is 448 g/mol. The number of nitrogens with one attached hydrogen (secondary N) is 1. The van der Waals surface area contributed by atoms with Crippen molar-refractivity contribution in [1.82, 2.24) is 5.32 Å². The molecule has 0 saturated heterocycles. The molecular weight excluding hydrogens is 422 g/mol. The van der Waals surface area contributed by atoms with Crippen molar-refractivity contribution in [3.63, 3.8) is 0 Å². The number of aliphatic hydroxyl groups is 1. The quantitative estimate of drug-likeness (QED) is 0.321. The number of carbonyl (C=O) groups is 2. The van der Waals surface area contributed by atoms with E-state index in [0.717, 1.165) is 22.4 Å². The Balaban J connectivity index is 1.63. The zero-order valence-electron chi connectivity index (χ0n) is 17.2. The van der Waals surface area contributed by atoms with E-state index in [4.69, 9.17) is 9.47 Å². The molecule has 4 N–H and O–H groups in total. The van der Waals surface area contributed by atoms with Crippen molar-refractivity contribution in [3.8, 4) is 11.5 Å². The van der Waals surface area contributed by atoms with E-state index < -0.39 is 23.8 Å². The molecule has 0 aromatic heterocycles. The minimum Gasteiger partial charge on any atom is -0.475 e. The van der Waals surface area contributed by atoms with Gasteiger partial charge >= 0.3 is 17.7 Å². The fourth-order valence-electron chi connectivity index (χ4n) is 3.31. The fourth-order valence-corrected chi connectivity index (χ4v) is 3.72. The molecular formula is C22H25NO7S. The number of carboxylic acid groups (broad SMARTS) is 2. The lowest BCUT2D eigenvalue weighted by Crippen LogP contribution is -2.54. The zero-order chi connectivity index (χ0) is 22.6. The van der Waals surface area contributed by atoms with E-state index in [-0.39, 0.29) is 17.5 Å². The van der Waals surface area contributed by atoms with Crippen molar-refractivity contribution in [3.05, 3.63) is 53.6 Å². The summed E-state index contributed by atoms with van der Waals surface area (Å²) in [7, 11) is 0. The van der Waals surface area contributed by atoms with Gasteiger partial charge in [0.1, 0.15) is 0 Å². The summed E-state index contributed by atoms with van der Waals surface area (Å²) >= 11 is 1.64. The van der Waals surface area contributed by atoms with Gasteiger partial charge in [0.2, 0.25) is 0 Å². The molecule has 2 atom stereocenters. The predicted molar refractivity (Wildman–Crippen MR) is 115 cm³/mol. The third-order valence-corrected chi connectivity index (χ3v) is 5.90. The van der Waals surface area contributed by atoms with E-state index >= 15 is 0 Å². The number of hydrogen-bond donors (Lipinski definition) is 4. The minimum atomic E-state index is -2.76. The monoisotopic (exact) mass is 447 g/mol. The van der Waals surface area contributed by atoms with Crippen LogP contribution in [0.1, 0.15) is 30.6 Å². The van der Waals surface area contributed by atoms with E-state index in [1.807, 2.05) is 37.4 Å². The van der Waals surface area contributed by atoms with Crippen molar-refractivity contribution in [2.45, 2.75) is 42.6 Å². The number of aliphatic hydroxyl groups excluding tert-OH is 1. The van der Waals surface area contributed by atoms with Crippen LogP contribution in [0.2, 0.25) is 0 Å². The Morgan fingerprint density at radius 2 is 1.71 bits per heavy atom. The summed E-state index contributed by atoms with van der Waals surface area (Å²) in [5.74, 6) is -6.08. The van der Waals surface area contributed by atoms with Crippen molar-refractivity contribution in [2.24, 2.45) is 0 Å².